The minimum atomic E-state index is -3.64. The molecule has 1 aliphatic heterocycles. The second-order valence-corrected chi connectivity index (χ2v) is 8.02. The van der Waals surface area contributed by atoms with Crippen molar-refractivity contribution < 1.29 is 22.6 Å². The summed E-state index contributed by atoms with van der Waals surface area (Å²) in [6.45, 7) is 4.57. The van der Waals surface area contributed by atoms with Crippen LogP contribution in [0.2, 0.25) is 0 Å². The smallest absolute Gasteiger partial charge is 0.338 e. The molecule has 0 saturated carbocycles. The normalized spacial score (nSPS) is 16.1. The molecule has 0 unspecified atom stereocenters. The third-order valence-corrected chi connectivity index (χ3v) is 6.31. The first-order chi connectivity index (χ1) is 12.8. The van der Waals surface area contributed by atoms with E-state index in [0.29, 0.717) is 37.4 Å². The van der Waals surface area contributed by atoms with Crippen molar-refractivity contribution >= 4 is 27.9 Å². The highest BCUT2D eigenvalue weighted by molar-refractivity contribution is 7.89. The fraction of sp³-hybridized carbons (Fsp3) is 0.353. The summed E-state index contributed by atoms with van der Waals surface area (Å²) in [4.78, 5) is 10.7. The molecule has 0 amide bonds. The van der Waals surface area contributed by atoms with Gasteiger partial charge in [0.1, 0.15) is 0 Å². The first-order valence-electron chi connectivity index (χ1n) is 8.28. The number of aryl methyl sites for hydroxylation is 2. The van der Waals surface area contributed by atoms with Crippen LogP contribution < -0.4 is 0 Å². The molecule has 9 nitrogen and oxygen atoms in total. The van der Waals surface area contributed by atoms with Gasteiger partial charge in [0.15, 0.2) is 5.69 Å². The van der Waals surface area contributed by atoms with Crippen LogP contribution in [0.3, 0.4) is 0 Å². The summed E-state index contributed by atoms with van der Waals surface area (Å²) >= 11 is 0. The molecule has 144 valence electrons. The molecule has 3 rings (SSSR count). The van der Waals surface area contributed by atoms with Crippen LogP contribution in [0.4, 0.5) is 5.69 Å². The molecule has 10 heteroatoms. The van der Waals surface area contributed by atoms with Crippen molar-refractivity contribution in [3.05, 3.63) is 50.9 Å². The molecule has 1 aromatic carbocycles. The molecule has 2 aromatic rings. The molecule has 0 atom stereocenters. The Morgan fingerprint density at radius 1 is 1.22 bits per heavy atom. The lowest BCUT2D eigenvalue weighted by atomic mass is 10.1. The van der Waals surface area contributed by atoms with Crippen molar-refractivity contribution in [3.63, 3.8) is 0 Å². The minimum Gasteiger partial charge on any atom is -0.379 e. The van der Waals surface area contributed by atoms with E-state index < -0.39 is 14.9 Å². The first kappa shape index (κ1) is 19.2. The molecule has 0 spiro atoms. The van der Waals surface area contributed by atoms with Gasteiger partial charge in [-0.1, -0.05) is 23.4 Å². The number of aromatic nitrogens is 1. The highest BCUT2D eigenvalue weighted by Crippen LogP contribution is 2.26. The maximum Gasteiger partial charge on any atom is 0.338 e. The number of hydrogen-bond acceptors (Lipinski definition) is 7. The number of ether oxygens (including phenoxy) is 1. The van der Waals surface area contributed by atoms with Crippen molar-refractivity contribution in [2.24, 2.45) is 0 Å². The molecule has 0 bridgehead atoms. The van der Waals surface area contributed by atoms with Crippen molar-refractivity contribution in [1.82, 2.24) is 9.46 Å². The van der Waals surface area contributed by atoms with E-state index in [9.17, 15) is 18.5 Å². The topological polar surface area (TPSA) is 116 Å². The fourth-order valence-corrected chi connectivity index (χ4v) is 4.48. The Morgan fingerprint density at radius 3 is 2.59 bits per heavy atom. The first-order valence-corrected chi connectivity index (χ1v) is 9.72. The number of hydrogen-bond donors (Lipinski definition) is 0. The zero-order chi connectivity index (χ0) is 19.6. The number of nitrogens with zero attached hydrogens (tertiary/aromatic N) is 3. The Balaban J connectivity index is 1.93. The van der Waals surface area contributed by atoms with Crippen molar-refractivity contribution in [2.75, 3.05) is 26.3 Å². The van der Waals surface area contributed by atoms with Gasteiger partial charge in [0.2, 0.25) is 15.8 Å². The summed E-state index contributed by atoms with van der Waals surface area (Å²) in [6.07, 6.45) is 2.97. The average Bonchev–Trinajstić information content (AvgIpc) is 3.02. The van der Waals surface area contributed by atoms with Crippen LogP contribution in [0.5, 0.6) is 0 Å². The van der Waals surface area contributed by atoms with E-state index in [0.717, 1.165) is 0 Å². The van der Waals surface area contributed by atoms with Gasteiger partial charge in [0.25, 0.3) is 0 Å². The van der Waals surface area contributed by atoms with Gasteiger partial charge in [-0.15, -0.1) is 0 Å². The van der Waals surface area contributed by atoms with Crippen LogP contribution in [-0.4, -0.2) is 49.1 Å². The van der Waals surface area contributed by atoms with Crippen LogP contribution in [0.15, 0.2) is 27.6 Å². The Hall–Kier alpha value is -2.56. The molecule has 2 heterocycles. The lowest BCUT2D eigenvalue weighted by Crippen LogP contribution is -2.40. The van der Waals surface area contributed by atoms with Crippen LogP contribution in [0.25, 0.3) is 12.2 Å². The lowest BCUT2D eigenvalue weighted by Gasteiger charge is -2.26. The summed E-state index contributed by atoms with van der Waals surface area (Å²) < 4.78 is 37.4. The van der Waals surface area contributed by atoms with E-state index in [1.807, 2.05) is 0 Å². The fourth-order valence-electron chi connectivity index (χ4n) is 2.81. The summed E-state index contributed by atoms with van der Waals surface area (Å²) in [5, 5.41) is 14.7. The largest absolute Gasteiger partial charge is 0.379 e. The second kappa shape index (κ2) is 7.59. The van der Waals surface area contributed by atoms with Gasteiger partial charge in [-0.2, -0.15) is 4.31 Å². The van der Waals surface area contributed by atoms with E-state index in [2.05, 4.69) is 5.16 Å². The predicted octanol–water partition coefficient (Wildman–Crippen LogP) is 2.39. The maximum absolute atomic E-state index is 12.9. The van der Waals surface area contributed by atoms with E-state index in [1.165, 1.54) is 17.3 Å². The molecule has 0 aliphatic carbocycles. The van der Waals surface area contributed by atoms with Gasteiger partial charge in [-0.05, 0) is 37.1 Å². The third kappa shape index (κ3) is 3.92. The van der Waals surface area contributed by atoms with Crippen LogP contribution in [0, 0.1) is 24.0 Å². The van der Waals surface area contributed by atoms with Gasteiger partial charge in [0.05, 0.1) is 23.0 Å². The molecular formula is C17H19N3O6S. The van der Waals surface area contributed by atoms with Crippen LogP contribution in [-0.2, 0) is 14.8 Å². The summed E-state index contributed by atoms with van der Waals surface area (Å²) in [5.74, 6) is 0.00987. The lowest BCUT2D eigenvalue weighted by molar-refractivity contribution is -0.386. The Labute approximate surface area is 156 Å². The average molecular weight is 393 g/mol. The standard InChI is InChI=1S/C17H19N3O6S/c1-12-3-4-14(5-6-15-17(20(21)22)13(2)18-26-15)11-16(12)27(23,24)19-7-9-25-10-8-19/h3-6,11H,7-10H2,1-2H3/b6-5+. The summed E-state index contributed by atoms with van der Waals surface area (Å²) in [6, 6.07) is 4.98. The number of nitro groups is 1. The maximum atomic E-state index is 12.9. The quantitative estimate of drug-likeness (QED) is 0.565. The zero-order valence-corrected chi connectivity index (χ0v) is 15.7. The number of benzene rings is 1. The number of sulfonamides is 1. The van der Waals surface area contributed by atoms with Gasteiger partial charge in [0, 0.05) is 13.1 Å². The van der Waals surface area contributed by atoms with Crippen LogP contribution in [0.1, 0.15) is 22.6 Å². The van der Waals surface area contributed by atoms with Gasteiger partial charge in [-0.25, -0.2) is 8.42 Å². The van der Waals surface area contributed by atoms with Gasteiger partial charge < -0.3 is 9.26 Å². The number of rotatable bonds is 5. The highest BCUT2D eigenvalue weighted by atomic mass is 32.2. The monoisotopic (exact) mass is 393 g/mol. The Bertz CT molecular complexity index is 990. The Kier molecular flexibility index (Phi) is 5.40. The summed E-state index contributed by atoms with van der Waals surface area (Å²) in [5.41, 5.74) is 1.18. The molecule has 1 aliphatic rings. The van der Waals surface area contributed by atoms with E-state index >= 15 is 0 Å². The predicted molar refractivity (Wildman–Crippen MR) is 97.6 cm³/mol. The second-order valence-electron chi connectivity index (χ2n) is 6.11. The third-order valence-electron chi connectivity index (χ3n) is 4.27. The minimum absolute atomic E-state index is 0.00987. The molecule has 1 saturated heterocycles. The Morgan fingerprint density at radius 2 is 1.93 bits per heavy atom. The molecule has 0 N–H and O–H groups in total. The van der Waals surface area contributed by atoms with E-state index in [4.69, 9.17) is 9.26 Å². The van der Waals surface area contributed by atoms with Gasteiger partial charge >= 0.3 is 5.69 Å². The zero-order valence-electron chi connectivity index (χ0n) is 14.9. The van der Waals surface area contributed by atoms with Crippen molar-refractivity contribution in [1.29, 1.82) is 0 Å². The molecule has 1 aromatic heterocycles. The molecular weight excluding hydrogens is 374 g/mol. The SMILES string of the molecule is Cc1ccc(/C=C/c2onc(C)c2[N+](=O)[O-])cc1S(=O)(=O)N1CCOCC1. The molecule has 1 fully saturated rings. The van der Waals surface area contributed by atoms with E-state index in [1.54, 1.807) is 31.2 Å². The van der Waals surface area contributed by atoms with Crippen LogP contribution >= 0.6 is 0 Å². The summed E-state index contributed by atoms with van der Waals surface area (Å²) in [7, 11) is -3.64. The van der Waals surface area contributed by atoms with E-state index in [-0.39, 0.29) is 22.0 Å². The molecule has 27 heavy (non-hydrogen) atoms. The van der Waals surface area contributed by atoms with Crippen molar-refractivity contribution in [3.8, 4) is 0 Å². The van der Waals surface area contributed by atoms with Gasteiger partial charge in [-0.3, -0.25) is 10.1 Å². The number of morpholine rings is 1. The molecule has 0 radical (unpaired) electrons. The van der Waals surface area contributed by atoms with Crippen molar-refractivity contribution in [2.45, 2.75) is 18.7 Å². The highest BCUT2D eigenvalue weighted by Gasteiger charge is 2.28.